The van der Waals surface area contributed by atoms with Gasteiger partial charge in [0.2, 0.25) is 5.91 Å². The molecule has 1 aliphatic carbocycles. The summed E-state index contributed by atoms with van der Waals surface area (Å²) in [4.78, 5) is 14.0. The molecule has 0 spiro atoms. The summed E-state index contributed by atoms with van der Waals surface area (Å²) in [7, 11) is 3.84. The van der Waals surface area contributed by atoms with Crippen molar-refractivity contribution in [1.29, 1.82) is 0 Å². The predicted octanol–water partition coefficient (Wildman–Crippen LogP) is 1.14. The number of rotatable bonds is 6. The Bertz CT molecular complexity index is 248. The molecule has 1 fully saturated rings. The minimum atomic E-state index is -0.654. The van der Waals surface area contributed by atoms with E-state index >= 15 is 0 Å². The molecule has 0 aromatic rings. The highest BCUT2D eigenvalue weighted by atomic mass is 16.3. The molecule has 0 aromatic carbocycles. The fourth-order valence-electron chi connectivity index (χ4n) is 2.48. The van der Waals surface area contributed by atoms with Crippen LogP contribution in [0.25, 0.3) is 0 Å². The fraction of sp³-hybridized carbons (Fsp3) is 0.923. The maximum absolute atomic E-state index is 12.0. The van der Waals surface area contributed by atoms with Crippen molar-refractivity contribution in [2.24, 2.45) is 0 Å². The van der Waals surface area contributed by atoms with E-state index < -0.39 is 5.60 Å². The molecule has 1 amide bonds. The number of hydrogen-bond donors (Lipinski definition) is 2. The van der Waals surface area contributed by atoms with Crippen LogP contribution in [-0.4, -0.2) is 48.2 Å². The first-order valence-electron chi connectivity index (χ1n) is 6.65. The zero-order chi connectivity index (χ0) is 12.9. The normalized spacial score (nSPS) is 20.5. The van der Waals surface area contributed by atoms with Crippen molar-refractivity contribution in [3.05, 3.63) is 0 Å². The number of amides is 1. The van der Waals surface area contributed by atoms with Crippen LogP contribution in [0.4, 0.5) is 0 Å². The van der Waals surface area contributed by atoms with Crippen molar-refractivity contribution in [3.8, 4) is 0 Å². The van der Waals surface area contributed by atoms with Gasteiger partial charge in [0.05, 0.1) is 11.6 Å². The molecule has 100 valence electrons. The van der Waals surface area contributed by atoms with Gasteiger partial charge in [-0.2, -0.15) is 0 Å². The van der Waals surface area contributed by atoms with Gasteiger partial charge in [0.15, 0.2) is 0 Å². The number of carbonyl (C=O) groups excluding carboxylic acids is 1. The summed E-state index contributed by atoms with van der Waals surface area (Å²) in [5, 5.41) is 13.1. The Kier molecular flexibility index (Phi) is 5.40. The SMILES string of the molecule is CCCC(C(=O)NCC1(O)CCCC1)N(C)C. The molecule has 1 unspecified atom stereocenters. The third-order valence-corrected chi connectivity index (χ3v) is 3.61. The molecule has 0 radical (unpaired) electrons. The van der Waals surface area contributed by atoms with Crippen LogP contribution in [0.2, 0.25) is 0 Å². The Balaban J connectivity index is 2.41. The Morgan fingerprint density at radius 1 is 1.41 bits per heavy atom. The summed E-state index contributed by atoms with van der Waals surface area (Å²) in [6.07, 6.45) is 5.61. The first kappa shape index (κ1) is 14.5. The Hall–Kier alpha value is -0.610. The molecule has 4 nitrogen and oxygen atoms in total. The van der Waals surface area contributed by atoms with Gasteiger partial charge in [0, 0.05) is 6.54 Å². The van der Waals surface area contributed by atoms with Crippen LogP contribution in [0.5, 0.6) is 0 Å². The molecule has 1 atom stereocenters. The fourth-order valence-corrected chi connectivity index (χ4v) is 2.48. The van der Waals surface area contributed by atoms with Gasteiger partial charge in [-0.05, 0) is 33.4 Å². The van der Waals surface area contributed by atoms with Crippen molar-refractivity contribution in [3.63, 3.8) is 0 Å². The third kappa shape index (κ3) is 4.28. The number of likely N-dealkylation sites (N-methyl/N-ethyl adjacent to an activating group) is 1. The highest BCUT2D eigenvalue weighted by Gasteiger charge is 2.32. The quantitative estimate of drug-likeness (QED) is 0.734. The third-order valence-electron chi connectivity index (χ3n) is 3.61. The summed E-state index contributed by atoms with van der Waals surface area (Å²) in [5.74, 6) is 0.0391. The number of hydrogen-bond acceptors (Lipinski definition) is 3. The topological polar surface area (TPSA) is 52.6 Å². The van der Waals surface area contributed by atoms with Crippen LogP contribution in [0, 0.1) is 0 Å². The lowest BCUT2D eigenvalue weighted by Gasteiger charge is -2.27. The van der Waals surface area contributed by atoms with Gasteiger partial charge in [-0.25, -0.2) is 0 Å². The average Bonchev–Trinajstić information content (AvgIpc) is 2.70. The van der Waals surface area contributed by atoms with Crippen LogP contribution in [-0.2, 0) is 4.79 Å². The van der Waals surface area contributed by atoms with Gasteiger partial charge in [-0.15, -0.1) is 0 Å². The second-order valence-corrected chi connectivity index (χ2v) is 5.42. The van der Waals surface area contributed by atoms with E-state index in [1.54, 1.807) is 0 Å². The van der Waals surface area contributed by atoms with Gasteiger partial charge in [0.25, 0.3) is 0 Å². The number of aliphatic hydroxyl groups is 1. The molecular formula is C13H26N2O2. The minimum absolute atomic E-state index is 0.0391. The second kappa shape index (κ2) is 6.36. The zero-order valence-electron chi connectivity index (χ0n) is 11.3. The molecule has 0 aromatic heterocycles. The molecule has 0 bridgehead atoms. The van der Waals surface area contributed by atoms with Gasteiger partial charge in [-0.1, -0.05) is 26.2 Å². The van der Waals surface area contributed by atoms with Gasteiger partial charge in [0.1, 0.15) is 0 Å². The molecule has 0 heterocycles. The van der Waals surface area contributed by atoms with Crippen molar-refractivity contribution < 1.29 is 9.90 Å². The molecule has 0 aliphatic heterocycles. The largest absolute Gasteiger partial charge is 0.388 e. The highest BCUT2D eigenvalue weighted by molar-refractivity contribution is 5.81. The van der Waals surface area contributed by atoms with E-state index in [4.69, 9.17) is 0 Å². The lowest BCUT2D eigenvalue weighted by atomic mass is 10.0. The van der Waals surface area contributed by atoms with Crippen molar-refractivity contribution in [2.45, 2.75) is 57.1 Å². The van der Waals surface area contributed by atoms with Crippen molar-refractivity contribution in [2.75, 3.05) is 20.6 Å². The standard InChI is InChI=1S/C13H26N2O2/c1-4-7-11(15(2)3)12(16)14-10-13(17)8-5-6-9-13/h11,17H,4-10H2,1-3H3,(H,14,16). The number of nitrogens with one attached hydrogen (secondary N) is 1. The predicted molar refractivity (Wildman–Crippen MR) is 68.8 cm³/mol. The minimum Gasteiger partial charge on any atom is -0.388 e. The molecule has 0 saturated heterocycles. The van der Waals surface area contributed by atoms with E-state index in [0.29, 0.717) is 6.54 Å². The summed E-state index contributed by atoms with van der Waals surface area (Å²) < 4.78 is 0. The average molecular weight is 242 g/mol. The summed E-state index contributed by atoms with van der Waals surface area (Å²) in [6, 6.07) is -0.0787. The maximum atomic E-state index is 12.0. The van der Waals surface area contributed by atoms with Crippen LogP contribution < -0.4 is 5.32 Å². The monoisotopic (exact) mass is 242 g/mol. The Labute approximate surface area is 104 Å². The van der Waals surface area contributed by atoms with E-state index in [2.05, 4.69) is 12.2 Å². The number of carbonyl (C=O) groups is 1. The van der Waals surface area contributed by atoms with Gasteiger partial charge < -0.3 is 10.4 Å². The Morgan fingerprint density at radius 2 is 2.00 bits per heavy atom. The van der Waals surface area contributed by atoms with E-state index in [1.165, 1.54) is 0 Å². The van der Waals surface area contributed by atoms with E-state index in [-0.39, 0.29) is 11.9 Å². The summed E-state index contributed by atoms with van der Waals surface area (Å²) >= 11 is 0. The molecule has 1 aliphatic rings. The van der Waals surface area contributed by atoms with Gasteiger partial charge >= 0.3 is 0 Å². The van der Waals surface area contributed by atoms with Crippen molar-refractivity contribution >= 4 is 5.91 Å². The maximum Gasteiger partial charge on any atom is 0.237 e. The molecule has 4 heteroatoms. The molecule has 2 N–H and O–H groups in total. The lowest BCUT2D eigenvalue weighted by molar-refractivity contribution is -0.127. The molecule has 1 rings (SSSR count). The highest BCUT2D eigenvalue weighted by Crippen LogP contribution is 2.28. The first-order valence-corrected chi connectivity index (χ1v) is 6.65. The van der Waals surface area contributed by atoms with E-state index in [1.807, 2.05) is 19.0 Å². The zero-order valence-corrected chi connectivity index (χ0v) is 11.3. The molecular weight excluding hydrogens is 216 g/mol. The summed E-state index contributed by atoms with van der Waals surface area (Å²) in [6.45, 7) is 2.48. The number of nitrogens with zero attached hydrogens (tertiary/aromatic N) is 1. The van der Waals surface area contributed by atoms with Crippen LogP contribution >= 0.6 is 0 Å². The molecule has 17 heavy (non-hydrogen) atoms. The van der Waals surface area contributed by atoms with Crippen LogP contribution in [0.3, 0.4) is 0 Å². The lowest BCUT2D eigenvalue weighted by Crippen LogP contribution is -2.48. The molecule has 1 saturated carbocycles. The van der Waals surface area contributed by atoms with Gasteiger partial charge in [-0.3, -0.25) is 9.69 Å². The van der Waals surface area contributed by atoms with E-state index in [9.17, 15) is 9.90 Å². The smallest absolute Gasteiger partial charge is 0.237 e. The first-order chi connectivity index (χ1) is 7.98. The Morgan fingerprint density at radius 3 is 2.47 bits per heavy atom. The summed E-state index contributed by atoms with van der Waals surface area (Å²) in [5.41, 5.74) is -0.654. The van der Waals surface area contributed by atoms with E-state index in [0.717, 1.165) is 38.5 Å². The second-order valence-electron chi connectivity index (χ2n) is 5.42. The van der Waals surface area contributed by atoms with Crippen molar-refractivity contribution in [1.82, 2.24) is 10.2 Å². The van der Waals surface area contributed by atoms with Crippen LogP contribution in [0.1, 0.15) is 45.4 Å². The van der Waals surface area contributed by atoms with Crippen LogP contribution in [0.15, 0.2) is 0 Å².